The highest BCUT2D eigenvalue weighted by Crippen LogP contribution is 2.59. The number of hydrogen-bond acceptors (Lipinski definition) is 0. The maximum atomic E-state index is 5.49. The SMILES string of the molecule is ClCS(Cl)(Cl)CCl. The first kappa shape index (κ1) is 8.51. The fraction of sp³-hybridized carbons (Fsp3) is 1.00. The summed E-state index contributed by atoms with van der Waals surface area (Å²) in [6.45, 7) is 0. The van der Waals surface area contributed by atoms with E-state index in [-0.39, 0.29) is 10.4 Å². The minimum absolute atomic E-state index is 0.250. The Hall–Kier alpha value is 1.51. The third-order valence-corrected chi connectivity index (χ3v) is 5.84. The Morgan fingerprint density at radius 2 is 1.29 bits per heavy atom. The summed E-state index contributed by atoms with van der Waals surface area (Å²) >= 11 is 10.6. The van der Waals surface area contributed by atoms with Gasteiger partial charge in [0.1, 0.15) is 0 Å². The van der Waals surface area contributed by atoms with Crippen LogP contribution in [-0.4, -0.2) is 10.4 Å². The molecule has 0 amide bonds. The first-order valence-electron chi connectivity index (χ1n) is 1.42. The van der Waals surface area contributed by atoms with Gasteiger partial charge in [0.15, 0.2) is 0 Å². The molecule has 7 heavy (non-hydrogen) atoms. The minimum Gasteiger partial charge on any atom is -0.114 e. The van der Waals surface area contributed by atoms with Crippen LogP contribution in [0, 0.1) is 0 Å². The summed E-state index contributed by atoms with van der Waals surface area (Å²) in [5.74, 6) is 0. The molecular formula is C2H4Cl4S. The molecule has 0 rings (SSSR count). The first-order valence-corrected chi connectivity index (χ1v) is 6.11. The van der Waals surface area contributed by atoms with Gasteiger partial charge in [0, 0.05) is 0 Å². The highest BCUT2D eigenvalue weighted by atomic mass is 36.0. The van der Waals surface area contributed by atoms with Crippen LogP contribution >= 0.6 is 53.0 Å². The summed E-state index contributed by atoms with van der Waals surface area (Å²) in [5, 5.41) is 0.499. The van der Waals surface area contributed by atoms with E-state index in [9.17, 15) is 0 Å². The van der Waals surface area contributed by atoms with Gasteiger partial charge in [-0.3, -0.25) is 0 Å². The Labute approximate surface area is 63.4 Å². The van der Waals surface area contributed by atoms with Gasteiger partial charge in [0.25, 0.3) is 0 Å². The van der Waals surface area contributed by atoms with E-state index < -0.39 is 8.46 Å². The van der Waals surface area contributed by atoms with Gasteiger partial charge in [0.2, 0.25) is 0 Å². The summed E-state index contributed by atoms with van der Waals surface area (Å²) in [6, 6.07) is 0. The summed E-state index contributed by atoms with van der Waals surface area (Å²) < 4.78 is 0. The molecule has 0 aliphatic rings. The predicted octanol–water partition coefficient (Wildman–Crippen LogP) is 3.49. The molecule has 0 fully saturated rings. The van der Waals surface area contributed by atoms with Crippen molar-refractivity contribution in [2.24, 2.45) is 0 Å². The molecule has 0 bridgehead atoms. The molecule has 0 aliphatic carbocycles. The molecule has 5 heteroatoms. The van der Waals surface area contributed by atoms with E-state index in [4.69, 9.17) is 44.6 Å². The van der Waals surface area contributed by atoms with E-state index in [1.807, 2.05) is 0 Å². The lowest BCUT2D eigenvalue weighted by Crippen LogP contribution is -1.81. The van der Waals surface area contributed by atoms with Crippen LogP contribution in [0.1, 0.15) is 0 Å². The van der Waals surface area contributed by atoms with Crippen LogP contribution in [-0.2, 0) is 0 Å². The van der Waals surface area contributed by atoms with E-state index in [0.717, 1.165) is 0 Å². The first-order chi connectivity index (χ1) is 3.12. The lowest BCUT2D eigenvalue weighted by Gasteiger charge is -2.15. The standard InChI is InChI=1S/C2H4Cl4S/c3-1-7(5,6)2-4/h1-2H2. The molecule has 0 aliphatic heterocycles. The molecule has 0 saturated carbocycles. The van der Waals surface area contributed by atoms with Gasteiger partial charge in [-0.1, -0.05) is 8.46 Å². The lowest BCUT2D eigenvalue weighted by molar-refractivity contribution is 2.09. The van der Waals surface area contributed by atoms with E-state index in [2.05, 4.69) is 0 Å². The van der Waals surface area contributed by atoms with Crippen molar-refractivity contribution < 1.29 is 0 Å². The number of hydrogen-bond donors (Lipinski definition) is 0. The van der Waals surface area contributed by atoms with Crippen molar-refractivity contribution in [2.75, 3.05) is 10.4 Å². The van der Waals surface area contributed by atoms with Crippen molar-refractivity contribution >= 4 is 53.0 Å². The largest absolute Gasteiger partial charge is 0.114 e. The van der Waals surface area contributed by atoms with E-state index in [1.54, 1.807) is 0 Å². The van der Waals surface area contributed by atoms with Crippen LogP contribution in [0.3, 0.4) is 0 Å². The van der Waals surface area contributed by atoms with Gasteiger partial charge in [-0.2, -0.15) is 0 Å². The Bertz CT molecular complexity index is 47.7. The number of alkyl halides is 2. The van der Waals surface area contributed by atoms with Crippen molar-refractivity contribution in [3.05, 3.63) is 0 Å². The molecule has 0 aromatic heterocycles. The van der Waals surface area contributed by atoms with Gasteiger partial charge in [-0.25, -0.2) is 0 Å². The second-order valence-electron chi connectivity index (χ2n) is 0.917. The monoisotopic (exact) mass is 200 g/mol. The maximum Gasteiger partial charge on any atom is 0.0788 e. The zero-order chi connectivity index (χ0) is 5.91. The second-order valence-corrected chi connectivity index (χ2v) is 8.08. The Balaban J connectivity index is 3.36. The van der Waals surface area contributed by atoms with Crippen molar-refractivity contribution in [2.45, 2.75) is 0 Å². The minimum atomic E-state index is -1.68. The Morgan fingerprint density at radius 1 is 1.00 bits per heavy atom. The molecule has 0 aromatic carbocycles. The van der Waals surface area contributed by atoms with Gasteiger partial charge in [-0.05, 0) is 21.4 Å². The van der Waals surface area contributed by atoms with Crippen LogP contribution in [0.5, 0.6) is 0 Å². The van der Waals surface area contributed by atoms with E-state index in [0.29, 0.717) is 0 Å². The van der Waals surface area contributed by atoms with Crippen molar-refractivity contribution in [1.29, 1.82) is 0 Å². The van der Waals surface area contributed by atoms with Crippen LogP contribution in [0.25, 0.3) is 0 Å². The Morgan fingerprint density at radius 3 is 1.29 bits per heavy atom. The number of rotatable bonds is 2. The molecule has 46 valence electrons. The molecule has 0 N–H and O–H groups in total. The highest BCUT2D eigenvalue weighted by molar-refractivity contribution is 8.66. The second kappa shape index (κ2) is 3.52. The summed E-state index contributed by atoms with van der Waals surface area (Å²) in [4.78, 5) is 0. The van der Waals surface area contributed by atoms with Crippen LogP contribution in [0.2, 0.25) is 0 Å². The van der Waals surface area contributed by atoms with Crippen LogP contribution in [0.15, 0.2) is 0 Å². The molecule has 0 atom stereocenters. The number of halogens is 4. The van der Waals surface area contributed by atoms with Crippen LogP contribution in [0.4, 0.5) is 0 Å². The van der Waals surface area contributed by atoms with Crippen LogP contribution < -0.4 is 0 Å². The average Bonchev–Trinajstić information content (AvgIpc) is 1.68. The van der Waals surface area contributed by atoms with Gasteiger partial charge < -0.3 is 0 Å². The van der Waals surface area contributed by atoms with Crippen molar-refractivity contribution in [3.8, 4) is 0 Å². The van der Waals surface area contributed by atoms with Crippen molar-refractivity contribution in [1.82, 2.24) is 0 Å². The quantitative estimate of drug-likeness (QED) is 0.601. The molecule has 0 radical (unpaired) electrons. The lowest BCUT2D eigenvalue weighted by atomic mass is 11.9. The maximum absolute atomic E-state index is 5.49. The molecule has 0 unspecified atom stereocenters. The van der Waals surface area contributed by atoms with Gasteiger partial charge in [-0.15, -0.1) is 23.2 Å². The summed E-state index contributed by atoms with van der Waals surface area (Å²) in [6.07, 6.45) is 0. The third-order valence-electron chi connectivity index (χ3n) is 0.319. The average molecular weight is 202 g/mol. The topological polar surface area (TPSA) is 0 Å². The van der Waals surface area contributed by atoms with Gasteiger partial charge >= 0.3 is 0 Å². The third kappa shape index (κ3) is 4.04. The summed E-state index contributed by atoms with van der Waals surface area (Å²) in [5.41, 5.74) is 0. The molecule has 0 saturated heterocycles. The molecule has 0 heterocycles. The summed E-state index contributed by atoms with van der Waals surface area (Å²) in [7, 11) is 9.30. The fourth-order valence-corrected chi connectivity index (χ4v) is 0.787. The zero-order valence-electron chi connectivity index (χ0n) is 3.33. The molecular weight excluding hydrogens is 198 g/mol. The zero-order valence-corrected chi connectivity index (χ0v) is 7.17. The Kier molecular flexibility index (Phi) is 4.28. The smallest absolute Gasteiger partial charge is 0.0788 e. The van der Waals surface area contributed by atoms with E-state index >= 15 is 0 Å². The molecule has 0 nitrogen and oxygen atoms in total. The molecule has 0 spiro atoms. The predicted molar refractivity (Wildman–Crippen MR) is 40.7 cm³/mol. The van der Waals surface area contributed by atoms with Gasteiger partial charge in [0.05, 0.1) is 10.4 Å². The van der Waals surface area contributed by atoms with E-state index in [1.165, 1.54) is 0 Å². The highest BCUT2D eigenvalue weighted by Gasteiger charge is 2.12. The fourth-order valence-electron chi connectivity index (χ4n) is 0.0292. The normalized spacial score (nSPS) is 14.3. The van der Waals surface area contributed by atoms with Crippen molar-refractivity contribution in [3.63, 3.8) is 0 Å². The molecule has 0 aromatic rings.